The monoisotopic (exact) mass is 423 g/mol. The molecule has 3 aromatic heterocycles. The van der Waals surface area contributed by atoms with Crippen LogP contribution in [-0.2, 0) is 11.8 Å². The van der Waals surface area contributed by atoms with Gasteiger partial charge in [0.1, 0.15) is 0 Å². The lowest BCUT2D eigenvalue weighted by molar-refractivity contribution is -0.123. The van der Waals surface area contributed by atoms with Crippen LogP contribution in [0.4, 0.5) is 5.95 Å². The van der Waals surface area contributed by atoms with E-state index in [1.54, 1.807) is 31.5 Å². The smallest absolute Gasteiger partial charge is 0.249 e. The van der Waals surface area contributed by atoms with Crippen molar-refractivity contribution in [2.45, 2.75) is 20.8 Å². The van der Waals surface area contributed by atoms with Crippen LogP contribution in [0.2, 0.25) is 0 Å². The molecule has 0 radical (unpaired) electrons. The Balaban J connectivity index is 1.71. The number of ketones is 1. The van der Waals surface area contributed by atoms with Crippen molar-refractivity contribution in [1.29, 1.82) is 0 Å². The third kappa shape index (κ3) is 3.45. The molecular formula is C22H22ClN5O2. The predicted molar refractivity (Wildman–Crippen MR) is 118 cm³/mol. The average Bonchev–Trinajstić information content (AvgIpc) is 3.27. The van der Waals surface area contributed by atoms with Crippen molar-refractivity contribution in [3.05, 3.63) is 48.3 Å². The molecule has 0 spiro atoms. The first-order valence-electron chi connectivity index (χ1n) is 9.54. The summed E-state index contributed by atoms with van der Waals surface area (Å²) in [5, 5.41) is 7.95. The Hall–Kier alpha value is -3.19. The van der Waals surface area contributed by atoms with Gasteiger partial charge in [0.25, 0.3) is 0 Å². The summed E-state index contributed by atoms with van der Waals surface area (Å²) in [6.45, 7) is 5.10. The van der Waals surface area contributed by atoms with Crippen LogP contribution < -0.4 is 5.32 Å². The minimum Gasteiger partial charge on any atom is -0.350 e. The summed E-state index contributed by atoms with van der Waals surface area (Å²) < 4.78 is 3.56. The molecule has 4 rings (SSSR count). The van der Waals surface area contributed by atoms with E-state index in [-0.39, 0.29) is 23.5 Å². The predicted octanol–water partition coefficient (Wildman–Crippen LogP) is 4.29. The summed E-state index contributed by atoms with van der Waals surface area (Å²) in [5.74, 6) is 0.221. The van der Waals surface area contributed by atoms with Crippen molar-refractivity contribution in [2.24, 2.45) is 12.5 Å². The molecule has 0 atom stereocenters. The number of hydrogen-bond acceptors (Lipinski definition) is 4. The number of nitrogens with zero attached hydrogens (tertiary/aromatic N) is 4. The number of fused-ring (bicyclic) bond motifs is 2. The molecular weight excluding hydrogens is 402 g/mol. The van der Waals surface area contributed by atoms with E-state index in [0.717, 1.165) is 22.0 Å². The van der Waals surface area contributed by atoms with Crippen LogP contribution >= 0.6 is 11.6 Å². The van der Waals surface area contributed by atoms with Gasteiger partial charge in [-0.25, -0.2) is 4.52 Å². The molecule has 0 aliphatic heterocycles. The largest absolute Gasteiger partial charge is 0.350 e. The van der Waals surface area contributed by atoms with Crippen molar-refractivity contribution in [3.8, 4) is 11.1 Å². The second kappa shape index (κ2) is 7.25. The van der Waals surface area contributed by atoms with Crippen molar-refractivity contribution in [2.75, 3.05) is 11.2 Å². The molecule has 0 saturated heterocycles. The number of Topliss-reactive ketones (excluding diaryl/α,β-unsaturated/α-hetero) is 1. The fourth-order valence-electron chi connectivity index (χ4n) is 3.30. The van der Waals surface area contributed by atoms with E-state index in [4.69, 9.17) is 11.6 Å². The van der Waals surface area contributed by atoms with Gasteiger partial charge in [-0.1, -0.05) is 6.07 Å². The number of carbonyl (C=O) groups is 2. The van der Waals surface area contributed by atoms with Gasteiger partial charge in [0, 0.05) is 41.8 Å². The highest BCUT2D eigenvalue weighted by Gasteiger charge is 2.27. The van der Waals surface area contributed by atoms with E-state index in [1.165, 1.54) is 0 Å². The fraction of sp³-hybridized carbons (Fsp3) is 0.273. The molecule has 0 aliphatic rings. The number of aromatic nitrogens is 4. The Kier molecular flexibility index (Phi) is 4.86. The maximum Gasteiger partial charge on any atom is 0.249 e. The molecule has 0 saturated carbocycles. The molecule has 8 heteroatoms. The number of aryl methyl sites for hydroxylation is 1. The lowest BCUT2D eigenvalue weighted by atomic mass is 9.95. The average molecular weight is 424 g/mol. The first-order chi connectivity index (χ1) is 14.2. The molecule has 4 aromatic rings. The Morgan fingerprint density at radius 1 is 1.17 bits per heavy atom. The van der Waals surface area contributed by atoms with Gasteiger partial charge in [-0.2, -0.15) is 4.98 Å². The number of nitrogens with one attached hydrogen (secondary N) is 1. The van der Waals surface area contributed by atoms with Crippen LogP contribution in [0.5, 0.6) is 0 Å². The lowest BCUT2D eigenvalue weighted by Crippen LogP contribution is -2.32. The van der Waals surface area contributed by atoms with Gasteiger partial charge in [-0.15, -0.1) is 16.7 Å². The zero-order chi connectivity index (χ0) is 21.6. The van der Waals surface area contributed by atoms with E-state index in [9.17, 15) is 9.59 Å². The number of hydrogen-bond donors (Lipinski definition) is 1. The molecule has 1 aromatic carbocycles. The molecule has 7 nitrogen and oxygen atoms in total. The van der Waals surface area contributed by atoms with E-state index in [0.29, 0.717) is 11.2 Å². The maximum atomic E-state index is 12.3. The summed E-state index contributed by atoms with van der Waals surface area (Å²) in [4.78, 5) is 28.7. The summed E-state index contributed by atoms with van der Waals surface area (Å²) >= 11 is 5.87. The topological polar surface area (TPSA) is 81.3 Å². The van der Waals surface area contributed by atoms with Crippen molar-refractivity contribution in [3.63, 3.8) is 0 Å². The third-order valence-electron chi connectivity index (χ3n) is 5.21. The van der Waals surface area contributed by atoms with Gasteiger partial charge < -0.3 is 4.57 Å². The first kappa shape index (κ1) is 20.1. The Bertz CT molecular complexity index is 1300. The molecule has 1 amide bonds. The number of carbonyl (C=O) groups excluding carboxylic acids is 2. The standard InChI is InChI=1S/C22H22ClN5O2/c1-13(29)17-11-27(4)18-6-5-14(9-16(17)18)15-7-8-28-19(10-15)24-21(26-28)25-20(30)22(2,3)12-23/h5-11H,12H2,1-4H3,(H,25,26,30). The third-order valence-corrected chi connectivity index (χ3v) is 5.88. The lowest BCUT2D eigenvalue weighted by Gasteiger charge is -2.18. The number of anilines is 1. The van der Waals surface area contributed by atoms with Gasteiger partial charge in [-0.3, -0.25) is 14.9 Å². The minimum atomic E-state index is -0.719. The Morgan fingerprint density at radius 2 is 1.90 bits per heavy atom. The van der Waals surface area contributed by atoms with Crippen LogP contribution in [0.3, 0.4) is 0 Å². The molecule has 0 fully saturated rings. The molecule has 30 heavy (non-hydrogen) atoms. The van der Waals surface area contributed by atoms with Crippen LogP contribution in [0.1, 0.15) is 31.1 Å². The summed E-state index contributed by atoms with van der Waals surface area (Å²) in [6, 6.07) is 9.85. The normalized spacial score (nSPS) is 11.9. The zero-order valence-corrected chi connectivity index (χ0v) is 18.0. The quantitative estimate of drug-likeness (QED) is 0.383. The van der Waals surface area contributed by atoms with Gasteiger partial charge in [-0.05, 0) is 56.2 Å². The first-order valence-corrected chi connectivity index (χ1v) is 10.1. The maximum absolute atomic E-state index is 12.3. The fourth-order valence-corrected chi connectivity index (χ4v) is 3.42. The summed E-state index contributed by atoms with van der Waals surface area (Å²) in [5.41, 5.74) is 3.49. The number of amides is 1. The zero-order valence-electron chi connectivity index (χ0n) is 17.2. The van der Waals surface area contributed by atoms with Crippen molar-refractivity contribution >= 4 is 45.8 Å². The van der Waals surface area contributed by atoms with Crippen LogP contribution in [0.25, 0.3) is 27.7 Å². The van der Waals surface area contributed by atoms with E-state index in [1.807, 2.05) is 48.1 Å². The second-order valence-electron chi connectivity index (χ2n) is 8.07. The van der Waals surface area contributed by atoms with Gasteiger partial charge >= 0.3 is 0 Å². The number of pyridine rings is 1. The van der Waals surface area contributed by atoms with Crippen molar-refractivity contribution < 1.29 is 9.59 Å². The molecule has 0 aliphatic carbocycles. The van der Waals surface area contributed by atoms with E-state index < -0.39 is 5.41 Å². The number of alkyl halides is 1. The van der Waals surface area contributed by atoms with Crippen molar-refractivity contribution in [1.82, 2.24) is 19.2 Å². The number of rotatable bonds is 5. The summed E-state index contributed by atoms with van der Waals surface area (Å²) in [7, 11) is 1.93. The van der Waals surface area contributed by atoms with Gasteiger partial charge in [0.2, 0.25) is 11.9 Å². The van der Waals surface area contributed by atoms with Crippen LogP contribution in [0, 0.1) is 5.41 Å². The Labute approximate surface area is 178 Å². The number of halogens is 1. The molecule has 0 bridgehead atoms. The minimum absolute atomic E-state index is 0.0333. The highest BCUT2D eigenvalue weighted by Crippen LogP contribution is 2.29. The molecule has 0 unspecified atom stereocenters. The highest BCUT2D eigenvalue weighted by molar-refractivity contribution is 6.20. The molecule has 154 valence electrons. The SMILES string of the molecule is CC(=O)c1cn(C)c2ccc(-c3ccn4nc(NC(=O)C(C)(C)CCl)nc4c3)cc12. The molecule has 1 N–H and O–H groups in total. The molecule has 3 heterocycles. The highest BCUT2D eigenvalue weighted by atomic mass is 35.5. The summed E-state index contributed by atoms with van der Waals surface area (Å²) in [6.07, 6.45) is 3.65. The van der Waals surface area contributed by atoms with Crippen LogP contribution in [0.15, 0.2) is 42.7 Å². The van der Waals surface area contributed by atoms with E-state index >= 15 is 0 Å². The van der Waals surface area contributed by atoms with Crippen LogP contribution in [-0.4, -0.2) is 36.7 Å². The van der Waals surface area contributed by atoms with E-state index in [2.05, 4.69) is 15.4 Å². The number of benzene rings is 1. The van der Waals surface area contributed by atoms with Gasteiger partial charge in [0.05, 0.1) is 5.41 Å². The van der Waals surface area contributed by atoms with Gasteiger partial charge in [0.15, 0.2) is 11.4 Å². The second-order valence-corrected chi connectivity index (χ2v) is 8.33. The Morgan fingerprint density at radius 3 is 2.60 bits per heavy atom.